The van der Waals surface area contributed by atoms with Gasteiger partial charge in [-0.3, -0.25) is 4.72 Å². The quantitative estimate of drug-likeness (QED) is 0.551. The smallest absolute Gasteiger partial charge is 0.264 e. The number of anilines is 2. The molecule has 0 amide bonds. The first-order chi connectivity index (χ1) is 9.01. The van der Waals surface area contributed by atoms with Crippen LogP contribution in [0.15, 0.2) is 40.2 Å². The second kappa shape index (κ2) is 5.47. The fourth-order valence-electron chi connectivity index (χ4n) is 1.19. The molecule has 0 unspecified atom stereocenters. The summed E-state index contributed by atoms with van der Waals surface area (Å²) >= 11 is 3.11. The molecular weight excluding hydrogens is 336 g/mol. The highest BCUT2D eigenvalue weighted by molar-refractivity contribution is 9.10. The van der Waals surface area contributed by atoms with Gasteiger partial charge in [0.05, 0.1) is 12.4 Å². The zero-order valence-corrected chi connectivity index (χ0v) is 11.8. The van der Waals surface area contributed by atoms with E-state index in [0.29, 0.717) is 10.4 Å². The van der Waals surface area contributed by atoms with Gasteiger partial charge in [0.15, 0.2) is 5.82 Å². The Kier molecular flexibility index (Phi) is 3.93. The Morgan fingerprint density at radius 2 is 1.79 bits per heavy atom. The van der Waals surface area contributed by atoms with Crippen LogP contribution >= 0.6 is 15.9 Å². The van der Waals surface area contributed by atoms with Gasteiger partial charge < -0.3 is 5.43 Å². The summed E-state index contributed by atoms with van der Waals surface area (Å²) in [5, 5.41) is 0. The number of nitrogen functional groups attached to an aromatic ring is 1. The highest BCUT2D eigenvalue weighted by Gasteiger charge is 2.15. The molecule has 0 radical (unpaired) electrons. The maximum absolute atomic E-state index is 12.0. The summed E-state index contributed by atoms with van der Waals surface area (Å²) < 4.78 is 26.8. The van der Waals surface area contributed by atoms with Crippen molar-refractivity contribution in [3.63, 3.8) is 0 Å². The fourth-order valence-corrected chi connectivity index (χ4v) is 2.33. The summed E-state index contributed by atoms with van der Waals surface area (Å²) in [5.41, 5.74) is 2.31. The van der Waals surface area contributed by atoms with Crippen LogP contribution in [0.1, 0.15) is 0 Å². The molecule has 0 bridgehead atoms. The molecule has 10 heteroatoms. The number of rotatable bonds is 4. The molecule has 2 aromatic rings. The summed E-state index contributed by atoms with van der Waals surface area (Å²) in [7, 11) is -3.75. The fraction of sp³-hybridized carbons (Fsp3) is 0. The van der Waals surface area contributed by atoms with Crippen molar-refractivity contribution in [2.45, 2.75) is 4.90 Å². The van der Waals surface area contributed by atoms with Gasteiger partial charge in [-0.25, -0.2) is 29.2 Å². The molecule has 100 valence electrons. The van der Waals surface area contributed by atoms with Gasteiger partial charge in [0.25, 0.3) is 10.0 Å². The predicted octanol–water partition coefficient (Wildman–Crippen LogP) is 0.720. The molecule has 0 aromatic carbocycles. The highest BCUT2D eigenvalue weighted by atomic mass is 79.9. The van der Waals surface area contributed by atoms with Crippen LogP contribution in [-0.4, -0.2) is 23.4 Å². The van der Waals surface area contributed by atoms with E-state index >= 15 is 0 Å². The summed E-state index contributed by atoms with van der Waals surface area (Å²) in [6.07, 6.45) is 3.87. The largest absolute Gasteiger partial charge is 0.308 e. The van der Waals surface area contributed by atoms with E-state index in [2.05, 4.69) is 41.0 Å². The second-order valence-corrected chi connectivity index (χ2v) is 5.85. The highest BCUT2D eigenvalue weighted by Crippen LogP contribution is 2.14. The lowest BCUT2D eigenvalue weighted by Crippen LogP contribution is -2.15. The van der Waals surface area contributed by atoms with Crippen molar-refractivity contribution in [1.29, 1.82) is 0 Å². The number of hydrazine groups is 1. The lowest BCUT2D eigenvalue weighted by Gasteiger charge is -2.07. The van der Waals surface area contributed by atoms with E-state index in [0.717, 1.165) is 0 Å². The first kappa shape index (κ1) is 13.6. The summed E-state index contributed by atoms with van der Waals surface area (Å²) in [6, 6.07) is 2.82. The maximum Gasteiger partial charge on any atom is 0.264 e. The Morgan fingerprint density at radius 3 is 2.32 bits per heavy atom. The molecule has 0 fully saturated rings. The molecule has 2 heterocycles. The summed E-state index contributed by atoms with van der Waals surface area (Å²) in [5.74, 6) is 5.62. The topological polar surface area (TPSA) is 123 Å². The van der Waals surface area contributed by atoms with Gasteiger partial charge in [-0.1, -0.05) is 0 Å². The van der Waals surface area contributed by atoms with E-state index < -0.39 is 10.0 Å². The van der Waals surface area contributed by atoms with Crippen molar-refractivity contribution >= 4 is 37.6 Å². The van der Waals surface area contributed by atoms with Crippen LogP contribution in [0, 0.1) is 0 Å². The van der Waals surface area contributed by atoms with Gasteiger partial charge in [-0.05, 0) is 28.1 Å². The van der Waals surface area contributed by atoms with E-state index in [9.17, 15) is 8.42 Å². The molecule has 0 aliphatic carbocycles. The first-order valence-electron chi connectivity index (χ1n) is 4.94. The number of aromatic nitrogens is 3. The molecule has 2 aromatic heterocycles. The number of nitrogens with one attached hydrogen (secondary N) is 2. The Morgan fingerprint density at radius 1 is 1.05 bits per heavy atom. The molecule has 4 N–H and O–H groups in total. The van der Waals surface area contributed by atoms with Crippen molar-refractivity contribution in [2.75, 3.05) is 10.1 Å². The number of hydrogen-bond donors (Lipinski definition) is 3. The molecule has 8 nitrogen and oxygen atoms in total. The van der Waals surface area contributed by atoms with Crippen molar-refractivity contribution in [1.82, 2.24) is 15.0 Å². The predicted molar refractivity (Wildman–Crippen MR) is 72.6 cm³/mol. The minimum atomic E-state index is -3.75. The molecular formula is C9H9BrN6O2S. The van der Waals surface area contributed by atoms with E-state index in [1.54, 1.807) is 0 Å². The molecule has 19 heavy (non-hydrogen) atoms. The zero-order chi connectivity index (χ0) is 13.9. The lowest BCUT2D eigenvalue weighted by molar-refractivity contribution is 0.600. The van der Waals surface area contributed by atoms with Gasteiger partial charge in [0, 0.05) is 6.20 Å². The van der Waals surface area contributed by atoms with Crippen LogP contribution < -0.4 is 16.0 Å². The molecule has 2 rings (SSSR count). The summed E-state index contributed by atoms with van der Waals surface area (Å²) in [4.78, 5) is 11.6. The summed E-state index contributed by atoms with van der Waals surface area (Å²) in [6.45, 7) is 0. The van der Waals surface area contributed by atoms with Crippen LogP contribution in [-0.2, 0) is 10.0 Å². The lowest BCUT2D eigenvalue weighted by atomic mass is 10.5. The monoisotopic (exact) mass is 344 g/mol. The molecule has 0 saturated carbocycles. The first-order valence-corrected chi connectivity index (χ1v) is 7.22. The van der Waals surface area contributed by atoms with Gasteiger partial charge in [-0.2, -0.15) is 0 Å². The molecule has 0 atom stereocenters. The van der Waals surface area contributed by atoms with Gasteiger partial charge in [0.1, 0.15) is 15.3 Å². The number of nitrogens with zero attached hydrogens (tertiary/aromatic N) is 3. The Labute approximate surface area is 117 Å². The van der Waals surface area contributed by atoms with E-state index in [1.807, 2.05) is 0 Å². The SMILES string of the molecule is NNc1ccc(S(=O)(=O)Nc2cnc(Br)cn2)cn1. The van der Waals surface area contributed by atoms with Gasteiger partial charge in [-0.15, -0.1) is 0 Å². The normalized spacial score (nSPS) is 11.1. The van der Waals surface area contributed by atoms with E-state index in [4.69, 9.17) is 5.84 Å². The second-order valence-electron chi connectivity index (χ2n) is 3.35. The van der Waals surface area contributed by atoms with Crippen LogP contribution in [0.5, 0.6) is 0 Å². The van der Waals surface area contributed by atoms with Gasteiger partial charge >= 0.3 is 0 Å². The standard InChI is InChI=1S/C9H9BrN6O2S/c10-7-4-14-9(5-12-7)16-19(17,18)6-1-2-8(15-11)13-3-6/h1-5H,11H2,(H,13,15)(H,14,16). The minimum Gasteiger partial charge on any atom is -0.308 e. The number of halogens is 1. The van der Waals surface area contributed by atoms with Crippen molar-refractivity contribution in [2.24, 2.45) is 5.84 Å². The Bertz CT molecular complexity index is 658. The molecule has 0 aliphatic rings. The number of hydrogen-bond acceptors (Lipinski definition) is 7. The van der Waals surface area contributed by atoms with Crippen LogP contribution in [0.3, 0.4) is 0 Å². The average molecular weight is 345 g/mol. The van der Waals surface area contributed by atoms with Crippen LogP contribution in [0.25, 0.3) is 0 Å². The van der Waals surface area contributed by atoms with Crippen molar-refractivity contribution in [3.05, 3.63) is 35.3 Å². The van der Waals surface area contributed by atoms with Crippen LogP contribution in [0.2, 0.25) is 0 Å². The van der Waals surface area contributed by atoms with E-state index in [1.165, 1.54) is 30.7 Å². The Hall–Kier alpha value is -1.78. The number of pyridine rings is 1. The van der Waals surface area contributed by atoms with E-state index in [-0.39, 0.29) is 10.7 Å². The zero-order valence-electron chi connectivity index (χ0n) is 9.41. The Balaban J connectivity index is 2.24. The molecule has 0 spiro atoms. The third-order valence-corrected chi connectivity index (χ3v) is 3.80. The van der Waals surface area contributed by atoms with Crippen molar-refractivity contribution < 1.29 is 8.42 Å². The number of nitrogens with two attached hydrogens (primary N) is 1. The number of sulfonamides is 1. The molecule has 0 aliphatic heterocycles. The minimum absolute atomic E-state index is 0.00350. The van der Waals surface area contributed by atoms with Crippen molar-refractivity contribution in [3.8, 4) is 0 Å². The third-order valence-electron chi connectivity index (χ3n) is 2.05. The molecule has 0 saturated heterocycles. The third kappa shape index (κ3) is 3.36. The average Bonchev–Trinajstić information content (AvgIpc) is 2.41. The van der Waals surface area contributed by atoms with Gasteiger partial charge in [0.2, 0.25) is 0 Å². The van der Waals surface area contributed by atoms with Crippen LogP contribution in [0.4, 0.5) is 11.6 Å². The maximum atomic E-state index is 12.0.